The van der Waals surface area contributed by atoms with Gasteiger partial charge in [0.25, 0.3) is 0 Å². The summed E-state index contributed by atoms with van der Waals surface area (Å²) in [6.07, 6.45) is 0. The van der Waals surface area contributed by atoms with Crippen LogP contribution in [0.1, 0.15) is 11.5 Å². The van der Waals surface area contributed by atoms with E-state index in [4.69, 9.17) is 0 Å². The van der Waals surface area contributed by atoms with E-state index in [1.807, 2.05) is 12.1 Å². The van der Waals surface area contributed by atoms with Crippen LogP contribution in [0.25, 0.3) is 0 Å². The molecule has 0 bridgehead atoms. The Morgan fingerprint density at radius 1 is 0.875 bits per heavy atom. The molecule has 3 rings (SSSR count). The van der Waals surface area contributed by atoms with Gasteiger partial charge in [-0.25, -0.2) is 0 Å². The van der Waals surface area contributed by atoms with Gasteiger partial charge in [-0.1, -0.05) is 18.2 Å². The quantitative estimate of drug-likeness (QED) is 0.736. The van der Waals surface area contributed by atoms with Crippen molar-refractivity contribution in [2.45, 2.75) is 5.92 Å². The number of nitrogens with zero attached hydrogens (tertiary/aromatic N) is 2. The first-order valence-corrected chi connectivity index (χ1v) is 11.3. The van der Waals surface area contributed by atoms with E-state index >= 15 is 0 Å². The molecule has 0 spiro atoms. The Kier molecular flexibility index (Phi) is 6.13. The second-order valence-corrected chi connectivity index (χ2v) is 9.95. The van der Waals surface area contributed by atoms with Gasteiger partial charge in [-0.15, -0.1) is 47.0 Å². The van der Waals surface area contributed by atoms with Crippen molar-refractivity contribution in [3.8, 4) is 17.9 Å². The Bertz CT molecular complexity index is 729. The number of hydrogen-bond acceptors (Lipinski definition) is 7. The highest BCUT2D eigenvalue weighted by Gasteiger charge is 2.32. The molecular formula is C17H14N2OS4. The molecule has 1 N–H and O–H groups in total. The number of benzene rings is 1. The second kappa shape index (κ2) is 8.31. The summed E-state index contributed by atoms with van der Waals surface area (Å²) in [5.41, 5.74) is 1.80. The van der Waals surface area contributed by atoms with Crippen molar-refractivity contribution in [3.63, 3.8) is 0 Å². The van der Waals surface area contributed by atoms with Crippen LogP contribution in [0.15, 0.2) is 43.9 Å². The summed E-state index contributed by atoms with van der Waals surface area (Å²) in [4.78, 5) is 0. The molecular weight excluding hydrogens is 376 g/mol. The molecule has 0 atom stereocenters. The molecule has 0 aromatic heterocycles. The van der Waals surface area contributed by atoms with E-state index in [0.29, 0.717) is 16.7 Å². The Hall–Kier alpha value is -1.12. The summed E-state index contributed by atoms with van der Waals surface area (Å²) in [5, 5.41) is 30.0. The van der Waals surface area contributed by atoms with Gasteiger partial charge in [-0.3, -0.25) is 0 Å². The number of phenols is 1. The van der Waals surface area contributed by atoms with Crippen LogP contribution in [0.5, 0.6) is 5.75 Å². The minimum absolute atomic E-state index is 0.130. The molecule has 0 unspecified atom stereocenters. The smallest absolute Gasteiger partial charge is 0.119 e. The molecule has 2 aliphatic heterocycles. The van der Waals surface area contributed by atoms with Crippen LogP contribution in [-0.2, 0) is 0 Å². The molecule has 1 aromatic rings. The average Bonchev–Trinajstić information content (AvgIpc) is 3.29. The second-order valence-electron chi connectivity index (χ2n) is 5.01. The van der Waals surface area contributed by atoms with Gasteiger partial charge in [0.05, 0.1) is 37.7 Å². The summed E-state index contributed by atoms with van der Waals surface area (Å²) in [5.74, 6) is 3.52. The monoisotopic (exact) mass is 390 g/mol. The molecule has 122 valence electrons. The fourth-order valence-corrected chi connectivity index (χ4v) is 7.59. The fourth-order valence-electron chi connectivity index (χ4n) is 2.57. The predicted octanol–water partition coefficient (Wildman–Crippen LogP) is 4.91. The van der Waals surface area contributed by atoms with Crippen molar-refractivity contribution in [2.75, 3.05) is 23.0 Å². The van der Waals surface area contributed by atoms with Crippen molar-refractivity contribution < 1.29 is 5.11 Å². The molecule has 1 aromatic carbocycles. The molecule has 2 aliphatic rings. The third-order valence-corrected chi connectivity index (χ3v) is 9.10. The average molecular weight is 391 g/mol. The third kappa shape index (κ3) is 3.60. The fraction of sp³-hybridized carbons (Fsp3) is 0.294. The van der Waals surface area contributed by atoms with Crippen LogP contribution in [0, 0.1) is 22.7 Å². The molecule has 24 heavy (non-hydrogen) atoms. The number of aromatic hydroxyl groups is 1. The van der Waals surface area contributed by atoms with Crippen LogP contribution in [0.3, 0.4) is 0 Å². The number of allylic oxidation sites excluding steroid dienone is 2. The Morgan fingerprint density at radius 3 is 1.75 bits per heavy atom. The summed E-state index contributed by atoms with van der Waals surface area (Å²) in [7, 11) is 0. The summed E-state index contributed by atoms with van der Waals surface area (Å²) < 4.78 is 1.96. The maximum absolute atomic E-state index is 10.4. The third-order valence-electron chi connectivity index (χ3n) is 3.61. The Labute approximate surface area is 158 Å². The van der Waals surface area contributed by atoms with Gasteiger partial charge in [0.15, 0.2) is 0 Å². The molecule has 2 saturated heterocycles. The van der Waals surface area contributed by atoms with Crippen molar-refractivity contribution in [1.82, 2.24) is 0 Å². The lowest BCUT2D eigenvalue weighted by Crippen LogP contribution is -2.07. The highest BCUT2D eigenvalue weighted by molar-refractivity contribution is 8.25. The number of hydrogen-bond donors (Lipinski definition) is 1. The minimum Gasteiger partial charge on any atom is -0.508 e. The van der Waals surface area contributed by atoms with E-state index in [2.05, 4.69) is 12.1 Å². The summed E-state index contributed by atoms with van der Waals surface area (Å²) in [6.45, 7) is 0. The zero-order chi connectivity index (χ0) is 16.9. The van der Waals surface area contributed by atoms with Crippen LogP contribution in [-0.4, -0.2) is 28.1 Å². The maximum atomic E-state index is 10.4. The van der Waals surface area contributed by atoms with E-state index in [1.165, 1.54) is 0 Å². The van der Waals surface area contributed by atoms with Crippen molar-refractivity contribution in [1.29, 1.82) is 10.5 Å². The van der Waals surface area contributed by atoms with Crippen molar-refractivity contribution in [3.05, 3.63) is 49.4 Å². The van der Waals surface area contributed by atoms with E-state index in [9.17, 15) is 15.6 Å². The zero-order valence-electron chi connectivity index (χ0n) is 12.7. The van der Waals surface area contributed by atoms with Gasteiger partial charge < -0.3 is 5.11 Å². The topological polar surface area (TPSA) is 67.8 Å². The molecule has 0 saturated carbocycles. The molecule has 0 radical (unpaired) electrons. The SMILES string of the molecule is N#CC(=C1SCCS1)C(C(C#N)=C1SCCS1)c1ccccc1O. The first-order chi connectivity index (χ1) is 11.8. The van der Waals surface area contributed by atoms with Gasteiger partial charge in [0.2, 0.25) is 0 Å². The largest absolute Gasteiger partial charge is 0.508 e. The molecule has 3 nitrogen and oxygen atoms in total. The molecule has 0 amide bonds. The van der Waals surface area contributed by atoms with Gasteiger partial charge in [-0.05, 0) is 6.07 Å². The number of rotatable bonds is 3. The molecule has 2 heterocycles. The zero-order valence-corrected chi connectivity index (χ0v) is 16.0. The maximum Gasteiger partial charge on any atom is 0.119 e. The van der Waals surface area contributed by atoms with Gasteiger partial charge in [0.1, 0.15) is 5.75 Å². The van der Waals surface area contributed by atoms with Crippen molar-refractivity contribution >= 4 is 47.0 Å². The number of phenolic OH excluding ortho intramolecular Hbond substituents is 1. The lowest BCUT2D eigenvalue weighted by molar-refractivity contribution is 0.467. The van der Waals surface area contributed by atoms with Crippen LogP contribution >= 0.6 is 47.0 Å². The van der Waals surface area contributed by atoms with E-state index in [0.717, 1.165) is 31.5 Å². The normalized spacial score (nSPS) is 17.0. The predicted molar refractivity (Wildman–Crippen MR) is 106 cm³/mol. The first-order valence-electron chi connectivity index (χ1n) is 7.34. The highest BCUT2D eigenvalue weighted by atomic mass is 32.2. The van der Waals surface area contributed by atoms with Crippen LogP contribution in [0.2, 0.25) is 0 Å². The number of para-hydroxylation sites is 1. The minimum atomic E-state index is -0.498. The van der Waals surface area contributed by atoms with E-state index < -0.39 is 5.92 Å². The lowest BCUT2D eigenvalue weighted by atomic mass is 9.86. The summed E-state index contributed by atoms with van der Waals surface area (Å²) >= 11 is 6.67. The number of thioether (sulfide) groups is 4. The van der Waals surface area contributed by atoms with Gasteiger partial charge in [0, 0.05) is 28.6 Å². The molecule has 0 aliphatic carbocycles. The van der Waals surface area contributed by atoms with Crippen LogP contribution in [0.4, 0.5) is 0 Å². The van der Waals surface area contributed by atoms with Gasteiger partial charge in [-0.2, -0.15) is 10.5 Å². The van der Waals surface area contributed by atoms with Crippen molar-refractivity contribution in [2.24, 2.45) is 0 Å². The Balaban J connectivity index is 2.20. The molecule has 7 heteroatoms. The first kappa shape index (κ1) is 17.7. The summed E-state index contributed by atoms with van der Waals surface area (Å²) in [6, 6.07) is 11.7. The Morgan fingerprint density at radius 2 is 1.33 bits per heavy atom. The molecule has 2 fully saturated rings. The number of nitriles is 2. The highest BCUT2D eigenvalue weighted by Crippen LogP contribution is 2.50. The standard InChI is InChI=1S/C17H14N2OS4/c18-9-12(16-21-5-6-22-16)15(11-3-1-2-4-14(11)20)13(10-19)17-23-7-8-24-17/h1-4,15,20H,5-8H2. The lowest BCUT2D eigenvalue weighted by Gasteiger charge is -2.20. The van der Waals surface area contributed by atoms with E-state index in [-0.39, 0.29) is 5.75 Å². The van der Waals surface area contributed by atoms with E-state index in [1.54, 1.807) is 59.2 Å². The van der Waals surface area contributed by atoms with Crippen LogP contribution < -0.4 is 0 Å². The van der Waals surface area contributed by atoms with Gasteiger partial charge >= 0.3 is 0 Å².